The van der Waals surface area contributed by atoms with E-state index in [1.54, 1.807) is 6.07 Å². The fourth-order valence-electron chi connectivity index (χ4n) is 3.58. The second kappa shape index (κ2) is 9.85. The number of anilines is 1. The maximum atomic E-state index is 12.7. The van der Waals surface area contributed by atoms with Crippen molar-refractivity contribution in [3.05, 3.63) is 11.8 Å². The Labute approximate surface area is 160 Å². The molecule has 2 N–H and O–H groups in total. The first-order chi connectivity index (χ1) is 13.0. The van der Waals surface area contributed by atoms with Gasteiger partial charge in [-0.3, -0.25) is 15.0 Å². The van der Waals surface area contributed by atoms with E-state index in [0.29, 0.717) is 17.6 Å². The Hall–Kier alpha value is -1.93. The van der Waals surface area contributed by atoms with Crippen LogP contribution in [0.2, 0.25) is 0 Å². The Balaban J connectivity index is 0.00000126. The standard InChI is InChI=1S/C17H26N4O4.C2H6/c1-17(2,11-18-23)14-10-15(25-20-14)19-16(22)13-4-3-7-21(13)12-5-8-24-9-6-12;1-2/h10-13,23H,3-9H2,1-2H3,(H,19,22);1-2H3/b18-11+;. The lowest BCUT2D eigenvalue weighted by Gasteiger charge is -2.34. The van der Waals surface area contributed by atoms with Crippen molar-refractivity contribution in [2.75, 3.05) is 25.1 Å². The molecule has 2 aliphatic heterocycles. The molecule has 2 saturated heterocycles. The molecule has 1 aromatic heterocycles. The third-order valence-corrected chi connectivity index (χ3v) is 5.05. The zero-order valence-electron chi connectivity index (χ0n) is 16.8. The zero-order chi connectivity index (χ0) is 19.9. The lowest BCUT2D eigenvalue weighted by Crippen LogP contribution is -2.47. The van der Waals surface area contributed by atoms with Gasteiger partial charge in [-0.15, -0.1) is 5.16 Å². The monoisotopic (exact) mass is 380 g/mol. The topological polar surface area (TPSA) is 100 Å². The summed E-state index contributed by atoms with van der Waals surface area (Å²) in [6, 6.07) is 1.95. The van der Waals surface area contributed by atoms with Gasteiger partial charge in [0.2, 0.25) is 11.8 Å². The maximum absolute atomic E-state index is 12.7. The van der Waals surface area contributed by atoms with Crippen molar-refractivity contribution in [1.29, 1.82) is 0 Å². The number of hydrogen-bond acceptors (Lipinski definition) is 7. The summed E-state index contributed by atoms with van der Waals surface area (Å²) < 4.78 is 10.7. The molecule has 3 heterocycles. The molecule has 2 fully saturated rings. The van der Waals surface area contributed by atoms with Crippen LogP contribution >= 0.6 is 0 Å². The smallest absolute Gasteiger partial charge is 0.244 e. The minimum absolute atomic E-state index is 0.0553. The van der Waals surface area contributed by atoms with Crippen LogP contribution < -0.4 is 5.32 Å². The van der Waals surface area contributed by atoms with E-state index < -0.39 is 5.41 Å². The highest BCUT2D eigenvalue weighted by Crippen LogP contribution is 2.27. The molecule has 1 atom stereocenters. The van der Waals surface area contributed by atoms with Crippen molar-refractivity contribution >= 4 is 18.0 Å². The van der Waals surface area contributed by atoms with Crippen LogP contribution in [0.25, 0.3) is 0 Å². The Kier molecular flexibility index (Phi) is 7.79. The van der Waals surface area contributed by atoms with Crippen LogP contribution in [0.3, 0.4) is 0 Å². The Morgan fingerprint density at radius 2 is 2.07 bits per heavy atom. The van der Waals surface area contributed by atoms with Gasteiger partial charge in [-0.05, 0) is 46.1 Å². The van der Waals surface area contributed by atoms with Crippen LogP contribution in [0.4, 0.5) is 5.88 Å². The minimum Gasteiger partial charge on any atom is -0.411 e. The number of oxime groups is 1. The van der Waals surface area contributed by atoms with Gasteiger partial charge >= 0.3 is 0 Å². The number of amides is 1. The molecule has 1 amide bonds. The molecule has 0 radical (unpaired) electrons. The second-order valence-corrected chi connectivity index (χ2v) is 7.27. The van der Waals surface area contributed by atoms with Gasteiger partial charge in [0.1, 0.15) is 0 Å². The zero-order valence-corrected chi connectivity index (χ0v) is 16.8. The second-order valence-electron chi connectivity index (χ2n) is 7.27. The highest BCUT2D eigenvalue weighted by molar-refractivity contribution is 5.94. The summed E-state index contributed by atoms with van der Waals surface area (Å²) in [6.45, 7) is 10.2. The van der Waals surface area contributed by atoms with E-state index in [-0.39, 0.29) is 11.9 Å². The van der Waals surface area contributed by atoms with Gasteiger partial charge in [0.25, 0.3) is 0 Å². The predicted molar refractivity (Wildman–Crippen MR) is 103 cm³/mol. The largest absolute Gasteiger partial charge is 0.411 e. The molecule has 1 unspecified atom stereocenters. The lowest BCUT2D eigenvalue weighted by atomic mass is 9.91. The Bertz CT molecular complexity index is 623. The van der Waals surface area contributed by atoms with Crippen molar-refractivity contribution in [2.45, 2.75) is 70.9 Å². The fourth-order valence-corrected chi connectivity index (χ4v) is 3.58. The van der Waals surface area contributed by atoms with Crippen LogP contribution in [0.5, 0.6) is 0 Å². The van der Waals surface area contributed by atoms with E-state index in [1.807, 2.05) is 27.7 Å². The summed E-state index contributed by atoms with van der Waals surface area (Å²) in [5, 5.41) is 18.6. The van der Waals surface area contributed by atoms with Crippen molar-refractivity contribution in [1.82, 2.24) is 10.1 Å². The Morgan fingerprint density at radius 3 is 2.74 bits per heavy atom. The normalized spacial score (nSPS) is 21.9. The minimum atomic E-state index is -0.581. The fraction of sp³-hybridized carbons (Fsp3) is 0.737. The average molecular weight is 380 g/mol. The Morgan fingerprint density at radius 1 is 1.37 bits per heavy atom. The molecule has 2 aliphatic rings. The molecular weight excluding hydrogens is 348 g/mol. The third-order valence-electron chi connectivity index (χ3n) is 5.05. The highest BCUT2D eigenvalue weighted by atomic mass is 16.5. The molecule has 0 aromatic carbocycles. The van der Waals surface area contributed by atoms with Crippen LogP contribution in [-0.4, -0.2) is 59.2 Å². The lowest BCUT2D eigenvalue weighted by molar-refractivity contribution is -0.121. The number of hydrogen-bond donors (Lipinski definition) is 2. The summed E-state index contributed by atoms with van der Waals surface area (Å²) in [7, 11) is 0. The number of aromatic nitrogens is 1. The number of carbonyl (C=O) groups is 1. The van der Waals surface area contributed by atoms with Gasteiger partial charge in [0.15, 0.2) is 0 Å². The van der Waals surface area contributed by atoms with Gasteiger partial charge in [0.05, 0.1) is 18.0 Å². The quantitative estimate of drug-likeness (QED) is 0.463. The molecule has 8 nitrogen and oxygen atoms in total. The summed E-state index contributed by atoms with van der Waals surface area (Å²) in [5.41, 5.74) is 0.0104. The van der Waals surface area contributed by atoms with E-state index in [1.165, 1.54) is 6.21 Å². The third kappa shape index (κ3) is 5.29. The number of ether oxygens (including phenoxy) is 1. The first kappa shape index (κ1) is 21.4. The predicted octanol–water partition coefficient (Wildman–Crippen LogP) is 3.02. The number of nitrogens with one attached hydrogen (secondary N) is 1. The maximum Gasteiger partial charge on any atom is 0.244 e. The summed E-state index contributed by atoms with van der Waals surface area (Å²) in [4.78, 5) is 15.0. The van der Waals surface area contributed by atoms with Crippen molar-refractivity contribution in [2.24, 2.45) is 5.16 Å². The van der Waals surface area contributed by atoms with Crippen molar-refractivity contribution in [3.8, 4) is 0 Å². The number of carbonyl (C=O) groups excluding carboxylic acids is 1. The summed E-state index contributed by atoms with van der Waals surface area (Å²) in [6.07, 6.45) is 5.21. The summed E-state index contributed by atoms with van der Waals surface area (Å²) in [5.74, 6) is 0.263. The number of rotatable bonds is 5. The van der Waals surface area contributed by atoms with Crippen LogP contribution in [0.15, 0.2) is 15.7 Å². The van der Waals surface area contributed by atoms with Gasteiger partial charge < -0.3 is 14.5 Å². The van der Waals surface area contributed by atoms with Crippen molar-refractivity contribution < 1.29 is 19.3 Å². The molecule has 3 rings (SSSR count). The molecule has 152 valence electrons. The van der Waals surface area contributed by atoms with Crippen LogP contribution in [-0.2, 0) is 14.9 Å². The first-order valence-corrected chi connectivity index (χ1v) is 9.81. The van der Waals surface area contributed by atoms with Crippen LogP contribution in [0, 0.1) is 0 Å². The molecule has 8 heteroatoms. The van der Waals surface area contributed by atoms with Crippen molar-refractivity contribution in [3.63, 3.8) is 0 Å². The molecule has 0 saturated carbocycles. The molecule has 0 aliphatic carbocycles. The summed E-state index contributed by atoms with van der Waals surface area (Å²) >= 11 is 0. The van der Waals surface area contributed by atoms with E-state index in [4.69, 9.17) is 14.5 Å². The van der Waals surface area contributed by atoms with Gasteiger partial charge in [0, 0.05) is 30.7 Å². The SMILES string of the molecule is CC.CC(C)(/C=N/O)c1cc(NC(=O)C2CCCN2C2CCOCC2)on1. The van der Waals surface area contributed by atoms with E-state index in [0.717, 1.165) is 45.4 Å². The van der Waals surface area contributed by atoms with E-state index >= 15 is 0 Å². The van der Waals surface area contributed by atoms with E-state index in [9.17, 15) is 4.79 Å². The van der Waals surface area contributed by atoms with Gasteiger partial charge in [-0.2, -0.15) is 0 Å². The molecular formula is C19H32N4O4. The first-order valence-electron chi connectivity index (χ1n) is 9.81. The van der Waals surface area contributed by atoms with Gasteiger partial charge in [-0.1, -0.05) is 19.0 Å². The number of nitrogens with zero attached hydrogens (tertiary/aromatic N) is 3. The number of likely N-dealkylation sites (tertiary alicyclic amines) is 1. The molecule has 27 heavy (non-hydrogen) atoms. The van der Waals surface area contributed by atoms with Gasteiger partial charge in [-0.25, -0.2) is 0 Å². The average Bonchev–Trinajstić information content (AvgIpc) is 3.34. The highest BCUT2D eigenvalue weighted by Gasteiger charge is 2.36. The van der Waals surface area contributed by atoms with Crippen LogP contribution in [0.1, 0.15) is 59.1 Å². The molecule has 0 spiro atoms. The van der Waals surface area contributed by atoms with E-state index in [2.05, 4.69) is 20.5 Å². The molecule has 0 bridgehead atoms. The molecule has 1 aromatic rings.